The number of carbonyl (C=O) groups excluding carboxylic acids is 2. The van der Waals surface area contributed by atoms with Gasteiger partial charge in [-0.2, -0.15) is 0 Å². The number of anilines is 1. The average Bonchev–Trinajstić information content (AvgIpc) is 2.44. The Hall–Kier alpha value is -2.56. The monoisotopic (exact) mass is 273 g/mol. The lowest BCUT2D eigenvalue weighted by Crippen LogP contribution is -2.17. The highest BCUT2D eigenvalue weighted by Gasteiger charge is 2.17. The molecule has 5 heteroatoms. The summed E-state index contributed by atoms with van der Waals surface area (Å²) in [5.74, 6) is 0.734. The quantitative estimate of drug-likeness (QED) is 0.851. The maximum absolute atomic E-state index is 11.8. The van der Waals surface area contributed by atoms with E-state index in [2.05, 4.69) is 5.32 Å². The Kier molecular flexibility index (Phi) is 3.89. The van der Waals surface area contributed by atoms with Crippen molar-refractivity contribution in [2.24, 2.45) is 0 Å². The topological polar surface area (TPSA) is 64.6 Å². The summed E-state index contributed by atoms with van der Waals surface area (Å²) < 4.78 is 10.3. The molecular weight excluding hydrogens is 258 g/mol. The summed E-state index contributed by atoms with van der Waals surface area (Å²) in [6.45, 7) is 1.62. The van der Waals surface area contributed by atoms with Crippen LogP contribution in [0.3, 0.4) is 0 Å². The van der Waals surface area contributed by atoms with Gasteiger partial charge in [-0.25, -0.2) is 0 Å². The van der Waals surface area contributed by atoms with E-state index in [1.165, 1.54) is 19.3 Å². The van der Waals surface area contributed by atoms with Gasteiger partial charge in [-0.1, -0.05) is 0 Å². The second-order valence-corrected chi connectivity index (χ2v) is 4.31. The van der Waals surface area contributed by atoms with E-state index in [0.29, 0.717) is 22.8 Å². The number of carbonyl (C=O) groups is 2. The first-order valence-corrected chi connectivity index (χ1v) is 6.03. The van der Waals surface area contributed by atoms with Crippen molar-refractivity contribution in [2.75, 3.05) is 19.5 Å². The predicted molar refractivity (Wildman–Crippen MR) is 75.0 cm³/mol. The number of allylic oxidation sites excluding steroid dienone is 3. The van der Waals surface area contributed by atoms with Gasteiger partial charge in [0.25, 0.3) is 0 Å². The van der Waals surface area contributed by atoms with Gasteiger partial charge in [-0.3, -0.25) is 9.59 Å². The number of rotatable bonds is 4. The summed E-state index contributed by atoms with van der Waals surface area (Å²) in [5, 5.41) is 2.92. The molecule has 2 rings (SSSR count). The van der Waals surface area contributed by atoms with Crippen LogP contribution in [0.1, 0.15) is 6.92 Å². The lowest BCUT2D eigenvalue weighted by atomic mass is 10.0. The first-order chi connectivity index (χ1) is 9.55. The normalized spacial score (nSPS) is 14.6. The summed E-state index contributed by atoms with van der Waals surface area (Å²) >= 11 is 0. The minimum absolute atomic E-state index is 0.174. The molecule has 0 radical (unpaired) electrons. The molecule has 0 saturated heterocycles. The Bertz CT molecular complexity index is 629. The number of ether oxygens (including phenoxy) is 2. The van der Waals surface area contributed by atoms with Crippen molar-refractivity contribution < 1.29 is 19.1 Å². The molecule has 5 nitrogen and oxygen atoms in total. The molecule has 0 aromatic heterocycles. The molecule has 0 fully saturated rings. The van der Waals surface area contributed by atoms with Gasteiger partial charge < -0.3 is 14.8 Å². The smallest absolute Gasteiger partial charge is 0.202 e. The van der Waals surface area contributed by atoms with Crippen molar-refractivity contribution in [3.05, 3.63) is 41.6 Å². The van der Waals surface area contributed by atoms with Crippen molar-refractivity contribution in [3.63, 3.8) is 0 Å². The van der Waals surface area contributed by atoms with Crippen LogP contribution in [0.4, 0.5) is 5.69 Å². The van der Waals surface area contributed by atoms with E-state index in [1.54, 1.807) is 32.2 Å². The van der Waals surface area contributed by atoms with Gasteiger partial charge in [0.05, 0.1) is 19.9 Å². The van der Waals surface area contributed by atoms with Crippen molar-refractivity contribution in [2.45, 2.75) is 6.92 Å². The van der Waals surface area contributed by atoms with Crippen molar-refractivity contribution in [1.82, 2.24) is 0 Å². The maximum atomic E-state index is 11.8. The van der Waals surface area contributed by atoms with E-state index >= 15 is 0 Å². The molecule has 1 aliphatic rings. The molecule has 0 amide bonds. The largest absolute Gasteiger partial charge is 0.493 e. The van der Waals surface area contributed by atoms with Gasteiger partial charge in [0, 0.05) is 23.4 Å². The Morgan fingerprint density at radius 3 is 2.30 bits per heavy atom. The lowest BCUT2D eigenvalue weighted by Gasteiger charge is -2.14. The Morgan fingerprint density at radius 1 is 0.950 bits per heavy atom. The highest BCUT2D eigenvalue weighted by molar-refractivity contribution is 6.20. The molecule has 0 saturated carbocycles. The second-order valence-electron chi connectivity index (χ2n) is 4.31. The first-order valence-electron chi connectivity index (χ1n) is 6.03. The average molecular weight is 273 g/mol. The molecule has 1 aromatic rings. The molecule has 0 heterocycles. The standard InChI is InChI=1S/C15H15NO4/c1-9-6-13(18)11(8-12(9)17)16-10-4-5-14(19-2)15(7-10)20-3/h4-8,16H,1-3H3. The fourth-order valence-electron chi connectivity index (χ4n) is 1.83. The lowest BCUT2D eigenvalue weighted by molar-refractivity contribution is -0.115. The van der Waals surface area contributed by atoms with E-state index in [1.807, 2.05) is 0 Å². The molecule has 0 spiro atoms. The second kappa shape index (κ2) is 5.61. The third kappa shape index (κ3) is 2.71. The molecule has 0 atom stereocenters. The maximum Gasteiger partial charge on any atom is 0.202 e. The van der Waals surface area contributed by atoms with Crippen LogP contribution in [-0.2, 0) is 9.59 Å². The zero-order valence-corrected chi connectivity index (χ0v) is 11.5. The molecule has 0 aliphatic heterocycles. The molecule has 1 aliphatic carbocycles. The highest BCUT2D eigenvalue weighted by Crippen LogP contribution is 2.30. The van der Waals surface area contributed by atoms with Gasteiger partial charge in [-0.05, 0) is 25.1 Å². The van der Waals surface area contributed by atoms with Crippen LogP contribution >= 0.6 is 0 Å². The molecule has 0 bridgehead atoms. The summed E-state index contributed by atoms with van der Waals surface area (Å²) in [4.78, 5) is 23.4. The van der Waals surface area contributed by atoms with Crippen LogP contribution in [0.25, 0.3) is 0 Å². The van der Waals surface area contributed by atoms with E-state index in [4.69, 9.17) is 9.47 Å². The van der Waals surface area contributed by atoms with Gasteiger partial charge >= 0.3 is 0 Å². The van der Waals surface area contributed by atoms with E-state index < -0.39 is 0 Å². The molecule has 1 N–H and O–H groups in total. The van der Waals surface area contributed by atoms with Crippen LogP contribution in [0.5, 0.6) is 11.5 Å². The van der Waals surface area contributed by atoms with Crippen molar-refractivity contribution in [1.29, 1.82) is 0 Å². The third-order valence-corrected chi connectivity index (χ3v) is 2.94. The molecule has 1 aromatic carbocycles. The van der Waals surface area contributed by atoms with Crippen LogP contribution in [0.2, 0.25) is 0 Å². The number of hydrogen-bond donors (Lipinski definition) is 1. The van der Waals surface area contributed by atoms with Gasteiger partial charge in [-0.15, -0.1) is 0 Å². The summed E-state index contributed by atoms with van der Waals surface area (Å²) in [5.41, 5.74) is 1.32. The van der Waals surface area contributed by atoms with Gasteiger partial charge in [0.15, 0.2) is 17.3 Å². The highest BCUT2D eigenvalue weighted by atomic mass is 16.5. The number of hydrogen-bond acceptors (Lipinski definition) is 5. The Morgan fingerprint density at radius 2 is 1.65 bits per heavy atom. The number of methoxy groups -OCH3 is 2. The van der Waals surface area contributed by atoms with Crippen LogP contribution in [0.15, 0.2) is 41.6 Å². The fourth-order valence-corrected chi connectivity index (χ4v) is 1.83. The number of nitrogens with one attached hydrogen (secondary N) is 1. The number of ketones is 2. The van der Waals surface area contributed by atoms with Crippen LogP contribution in [-0.4, -0.2) is 25.8 Å². The third-order valence-electron chi connectivity index (χ3n) is 2.94. The van der Waals surface area contributed by atoms with E-state index in [0.717, 1.165) is 0 Å². The van der Waals surface area contributed by atoms with Gasteiger partial charge in [0.2, 0.25) is 5.78 Å². The minimum Gasteiger partial charge on any atom is -0.493 e. The fraction of sp³-hybridized carbons (Fsp3) is 0.200. The minimum atomic E-state index is -0.225. The number of benzene rings is 1. The molecular formula is C15H15NO4. The van der Waals surface area contributed by atoms with Crippen molar-refractivity contribution >= 4 is 17.3 Å². The van der Waals surface area contributed by atoms with Crippen LogP contribution in [0, 0.1) is 0 Å². The summed E-state index contributed by atoms with van der Waals surface area (Å²) in [7, 11) is 3.08. The molecule has 104 valence electrons. The summed E-state index contributed by atoms with van der Waals surface area (Å²) in [6, 6.07) is 5.16. The Balaban J connectivity index is 2.25. The zero-order chi connectivity index (χ0) is 14.7. The first kappa shape index (κ1) is 13.9. The SMILES string of the molecule is COc1ccc(NC2=CC(=O)C(C)=CC2=O)cc1OC. The summed E-state index contributed by atoms with van der Waals surface area (Å²) in [6.07, 6.45) is 2.62. The zero-order valence-electron chi connectivity index (χ0n) is 11.5. The van der Waals surface area contributed by atoms with Gasteiger partial charge in [0.1, 0.15) is 0 Å². The van der Waals surface area contributed by atoms with Crippen molar-refractivity contribution in [3.8, 4) is 11.5 Å². The molecule has 0 unspecified atom stereocenters. The molecule has 20 heavy (non-hydrogen) atoms. The predicted octanol–water partition coefficient (Wildman–Crippen LogP) is 2.10. The van der Waals surface area contributed by atoms with E-state index in [9.17, 15) is 9.59 Å². The Labute approximate surface area is 116 Å². The van der Waals surface area contributed by atoms with Crippen LogP contribution < -0.4 is 14.8 Å². The van der Waals surface area contributed by atoms with E-state index in [-0.39, 0.29) is 17.3 Å².